The Balaban J connectivity index is 1.94. The first kappa shape index (κ1) is 14.7. The van der Waals surface area contributed by atoms with E-state index in [0.29, 0.717) is 23.6 Å². The molecule has 2 N–H and O–H groups in total. The molecule has 0 bridgehead atoms. The first-order valence-corrected chi connectivity index (χ1v) is 9.01. The molecule has 0 amide bonds. The first-order valence-electron chi connectivity index (χ1n) is 6.59. The Labute approximate surface area is 118 Å². The molecule has 1 aliphatic rings. The van der Waals surface area contributed by atoms with E-state index in [1.807, 2.05) is 19.2 Å². The van der Waals surface area contributed by atoms with Crippen molar-refractivity contribution in [2.75, 3.05) is 11.3 Å². The second kappa shape index (κ2) is 5.76. The molecular weight excluding hydrogens is 282 g/mol. The van der Waals surface area contributed by atoms with Crippen molar-refractivity contribution in [3.63, 3.8) is 0 Å². The first-order chi connectivity index (χ1) is 8.88. The molecule has 0 saturated heterocycles. The van der Waals surface area contributed by atoms with Crippen LogP contribution in [0, 0.1) is 0 Å². The van der Waals surface area contributed by atoms with E-state index in [1.54, 1.807) is 6.92 Å². The van der Waals surface area contributed by atoms with Crippen molar-refractivity contribution in [2.45, 2.75) is 50.8 Å². The van der Waals surface area contributed by atoms with Crippen LogP contribution in [0.2, 0.25) is 0 Å². The SMILES string of the molecule is CC(C)c1csc(NS(=O)(=O)C(C)CNC2CC2)n1. The van der Waals surface area contributed by atoms with Crippen molar-refractivity contribution >= 4 is 26.5 Å². The van der Waals surface area contributed by atoms with Gasteiger partial charge in [-0.1, -0.05) is 13.8 Å². The van der Waals surface area contributed by atoms with Gasteiger partial charge in [-0.15, -0.1) is 11.3 Å². The molecule has 2 rings (SSSR count). The summed E-state index contributed by atoms with van der Waals surface area (Å²) in [6.45, 7) is 6.28. The normalized spacial score (nSPS) is 17.7. The van der Waals surface area contributed by atoms with E-state index < -0.39 is 15.3 Å². The molecule has 1 unspecified atom stereocenters. The van der Waals surface area contributed by atoms with Crippen molar-refractivity contribution in [3.8, 4) is 0 Å². The van der Waals surface area contributed by atoms with E-state index >= 15 is 0 Å². The molecule has 1 heterocycles. The summed E-state index contributed by atoms with van der Waals surface area (Å²) < 4.78 is 26.8. The van der Waals surface area contributed by atoms with Crippen molar-refractivity contribution in [1.82, 2.24) is 10.3 Å². The van der Waals surface area contributed by atoms with Crippen LogP contribution in [-0.4, -0.2) is 31.2 Å². The van der Waals surface area contributed by atoms with Gasteiger partial charge in [0.1, 0.15) is 0 Å². The quantitative estimate of drug-likeness (QED) is 0.809. The lowest BCUT2D eigenvalue weighted by atomic mass is 10.2. The Kier molecular flexibility index (Phi) is 4.47. The van der Waals surface area contributed by atoms with Gasteiger partial charge in [-0.05, 0) is 25.7 Å². The molecule has 0 aromatic carbocycles. The van der Waals surface area contributed by atoms with Crippen LogP contribution in [0.15, 0.2) is 5.38 Å². The molecule has 1 fully saturated rings. The molecule has 7 heteroatoms. The monoisotopic (exact) mass is 303 g/mol. The Bertz CT molecular complexity index is 521. The number of rotatable bonds is 7. The molecular formula is C12H21N3O2S2. The van der Waals surface area contributed by atoms with Crippen LogP contribution in [0.5, 0.6) is 0 Å². The Morgan fingerprint density at radius 3 is 2.63 bits per heavy atom. The highest BCUT2D eigenvalue weighted by molar-refractivity contribution is 7.93. The van der Waals surface area contributed by atoms with E-state index in [1.165, 1.54) is 11.3 Å². The highest BCUT2D eigenvalue weighted by Gasteiger charge is 2.26. The summed E-state index contributed by atoms with van der Waals surface area (Å²) in [6, 6.07) is 0.519. The predicted octanol–water partition coefficient (Wildman–Crippen LogP) is 2.15. The zero-order valence-electron chi connectivity index (χ0n) is 11.5. The molecule has 0 aliphatic heterocycles. The lowest BCUT2D eigenvalue weighted by molar-refractivity contribution is 0.576. The van der Waals surface area contributed by atoms with Gasteiger partial charge in [0, 0.05) is 18.0 Å². The number of nitrogens with one attached hydrogen (secondary N) is 2. The zero-order valence-corrected chi connectivity index (χ0v) is 13.1. The number of thiazole rings is 1. The third kappa shape index (κ3) is 4.15. The molecule has 1 saturated carbocycles. The van der Waals surface area contributed by atoms with E-state index in [0.717, 1.165) is 18.5 Å². The molecule has 1 aromatic rings. The third-order valence-corrected chi connectivity index (χ3v) is 5.75. The fourth-order valence-corrected chi connectivity index (χ4v) is 3.61. The van der Waals surface area contributed by atoms with Crippen LogP contribution in [0.1, 0.15) is 45.2 Å². The van der Waals surface area contributed by atoms with Crippen molar-refractivity contribution in [1.29, 1.82) is 0 Å². The van der Waals surface area contributed by atoms with Crippen LogP contribution in [0.3, 0.4) is 0 Å². The smallest absolute Gasteiger partial charge is 0.238 e. The Morgan fingerprint density at radius 1 is 1.42 bits per heavy atom. The average molecular weight is 303 g/mol. The van der Waals surface area contributed by atoms with Gasteiger partial charge in [-0.2, -0.15) is 0 Å². The van der Waals surface area contributed by atoms with Crippen molar-refractivity contribution in [2.24, 2.45) is 0 Å². The van der Waals surface area contributed by atoms with Gasteiger partial charge >= 0.3 is 0 Å². The maximum Gasteiger partial charge on any atom is 0.238 e. The van der Waals surface area contributed by atoms with Crippen LogP contribution >= 0.6 is 11.3 Å². The highest BCUT2D eigenvalue weighted by Crippen LogP contribution is 2.23. The van der Waals surface area contributed by atoms with Gasteiger partial charge in [0.05, 0.1) is 10.9 Å². The molecule has 108 valence electrons. The van der Waals surface area contributed by atoms with Crippen molar-refractivity contribution in [3.05, 3.63) is 11.1 Å². The van der Waals surface area contributed by atoms with Gasteiger partial charge in [0.25, 0.3) is 0 Å². The minimum Gasteiger partial charge on any atom is -0.313 e. The van der Waals surface area contributed by atoms with Crippen LogP contribution in [0.4, 0.5) is 5.13 Å². The van der Waals surface area contributed by atoms with E-state index in [4.69, 9.17) is 0 Å². The fourth-order valence-electron chi connectivity index (χ4n) is 1.55. The largest absolute Gasteiger partial charge is 0.313 e. The summed E-state index contributed by atoms with van der Waals surface area (Å²) in [4.78, 5) is 4.29. The number of nitrogens with zero attached hydrogens (tertiary/aromatic N) is 1. The molecule has 1 aromatic heterocycles. The topological polar surface area (TPSA) is 71.1 Å². The van der Waals surface area contributed by atoms with E-state index in [-0.39, 0.29) is 0 Å². The maximum absolute atomic E-state index is 12.1. The van der Waals surface area contributed by atoms with Gasteiger partial charge < -0.3 is 5.32 Å². The van der Waals surface area contributed by atoms with Gasteiger partial charge in [-0.25, -0.2) is 13.4 Å². The van der Waals surface area contributed by atoms with Crippen molar-refractivity contribution < 1.29 is 8.42 Å². The van der Waals surface area contributed by atoms with Gasteiger partial charge in [-0.3, -0.25) is 4.72 Å². The lowest BCUT2D eigenvalue weighted by Gasteiger charge is -2.13. The number of hydrogen-bond acceptors (Lipinski definition) is 5. The maximum atomic E-state index is 12.1. The summed E-state index contributed by atoms with van der Waals surface area (Å²) in [5, 5.41) is 5.14. The number of aromatic nitrogens is 1. The molecule has 5 nitrogen and oxygen atoms in total. The summed E-state index contributed by atoms with van der Waals surface area (Å²) in [5.41, 5.74) is 0.923. The fraction of sp³-hybridized carbons (Fsp3) is 0.750. The minimum atomic E-state index is -3.36. The lowest BCUT2D eigenvalue weighted by Crippen LogP contribution is -2.35. The number of anilines is 1. The van der Waals surface area contributed by atoms with Crippen LogP contribution in [-0.2, 0) is 10.0 Å². The second-order valence-corrected chi connectivity index (χ2v) is 8.33. The summed E-state index contributed by atoms with van der Waals surface area (Å²) in [6.07, 6.45) is 2.31. The zero-order chi connectivity index (χ0) is 14.0. The summed E-state index contributed by atoms with van der Waals surface area (Å²) in [7, 11) is -3.36. The summed E-state index contributed by atoms with van der Waals surface area (Å²) in [5.74, 6) is 0.309. The van der Waals surface area contributed by atoms with Crippen LogP contribution in [0.25, 0.3) is 0 Å². The Morgan fingerprint density at radius 2 is 2.11 bits per heavy atom. The van der Waals surface area contributed by atoms with Gasteiger partial charge in [0.2, 0.25) is 10.0 Å². The second-order valence-electron chi connectivity index (χ2n) is 5.37. The average Bonchev–Trinajstić information content (AvgIpc) is 3.04. The third-order valence-electron chi connectivity index (χ3n) is 3.14. The number of sulfonamides is 1. The molecule has 0 radical (unpaired) electrons. The summed E-state index contributed by atoms with van der Waals surface area (Å²) >= 11 is 1.34. The molecule has 19 heavy (non-hydrogen) atoms. The number of hydrogen-bond donors (Lipinski definition) is 2. The van der Waals surface area contributed by atoms with E-state index in [9.17, 15) is 8.42 Å². The standard InChI is InChI=1S/C12H21N3O2S2/c1-8(2)11-7-18-12(14-11)15-19(16,17)9(3)6-13-10-4-5-10/h7-10,13H,4-6H2,1-3H3,(H,14,15). The molecule has 1 aliphatic carbocycles. The highest BCUT2D eigenvalue weighted by atomic mass is 32.2. The predicted molar refractivity (Wildman–Crippen MR) is 79.2 cm³/mol. The Hall–Kier alpha value is -0.660. The van der Waals surface area contributed by atoms with E-state index in [2.05, 4.69) is 15.0 Å². The molecule has 1 atom stereocenters. The van der Waals surface area contributed by atoms with Crippen LogP contribution < -0.4 is 10.0 Å². The minimum absolute atomic E-state index is 0.309. The van der Waals surface area contributed by atoms with Gasteiger partial charge in [0.15, 0.2) is 5.13 Å². The molecule has 0 spiro atoms.